The van der Waals surface area contributed by atoms with Crippen LogP contribution in [0.15, 0.2) is 0 Å². The maximum absolute atomic E-state index is 9.00. The minimum atomic E-state index is -0.833. The maximum atomic E-state index is 9.00. The largest absolute Gasteiger partial charge is 1.00 e. The van der Waals surface area contributed by atoms with Crippen LogP contribution >= 0.6 is 0 Å². The predicted octanol–water partition coefficient (Wildman–Crippen LogP) is -2.86. The fraction of sp³-hybridized carbons (Fsp3) is 0.600. The van der Waals surface area contributed by atoms with Gasteiger partial charge in [-0.2, -0.15) is 0 Å². The summed E-state index contributed by atoms with van der Waals surface area (Å²) in [5.74, 6) is -3.33. The molecular weight excluding hydrogens is 341 g/mol. The van der Waals surface area contributed by atoms with E-state index in [1.165, 1.54) is 4.91 Å². The van der Waals surface area contributed by atoms with Gasteiger partial charge in [-0.1, -0.05) is 0 Å². The number of hydrogen-bond acceptors (Lipinski definition) is 6. The zero-order chi connectivity index (χ0) is 20.4. The van der Waals surface area contributed by atoms with Crippen molar-refractivity contribution in [2.24, 2.45) is 11.5 Å². The fourth-order valence-electron chi connectivity index (χ4n) is 0. The molecule has 138 valence electrons. The second-order valence-electron chi connectivity index (χ2n) is 2.74. The zero-order valence-corrected chi connectivity index (χ0v) is 16.3. The van der Waals surface area contributed by atoms with Crippen LogP contribution in [0.2, 0.25) is 0 Å². The number of hydrogen-bond donors (Lipinski definition) is 6. The van der Waals surface area contributed by atoms with E-state index < -0.39 is 23.9 Å². The Morgan fingerprint density at radius 3 is 0.750 bits per heavy atom. The summed E-state index contributed by atoms with van der Waals surface area (Å²) >= 11 is 0. The molecule has 0 aliphatic rings. The van der Waals surface area contributed by atoms with E-state index in [4.69, 9.17) is 62.1 Å². The van der Waals surface area contributed by atoms with Gasteiger partial charge in [0, 0.05) is 40.8 Å². The number of aliphatic carboxylic acids is 4. The molecule has 0 amide bonds. The van der Waals surface area contributed by atoms with Crippen molar-refractivity contribution in [3.8, 4) is 0 Å². The normalized spacial score (nSPS) is 5.75. The first-order chi connectivity index (χ1) is 10.3. The van der Waals surface area contributed by atoms with Gasteiger partial charge in [-0.05, 0) is 0 Å². The van der Waals surface area contributed by atoms with E-state index in [-0.39, 0.29) is 29.6 Å². The molecule has 0 aromatic heterocycles. The third kappa shape index (κ3) is 9270. The Balaban J connectivity index is -0.0000000287. The third-order valence-corrected chi connectivity index (χ3v) is 0.167. The number of nitrogens with two attached hydrogens (primary N) is 2. The van der Waals surface area contributed by atoms with Gasteiger partial charge >= 0.3 is 29.6 Å². The van der Waals surface area contributed by atoms with Crippen LogP contribution in [0.25, 0.3) is 16.0 Å². The smallest absolute Gasteiger partial charge is 0.481 e. The molecule has 0 heterocycles. The van der Waals surface area contributed by atoms with Crippen LogP contribution in [0.3, 0.4) is 0 Å². The Labute approximate surface area is 161 Å². The second kappa shape index (κ2) is 49.7. The van der Waals surface area contributed by atoms with Crippen molar-refractivity contribution in [2.75, 3.05) is 13.1 Å². The van der Waals surface area contributed by atoms with Gasteiger partial charge in [-0.3, -0.25) is 24.1 Å². The molecule has 13 nitrogen and oxygen atoms in total. The molecule has 8 N–H and O–H groups in total. The fourth-order valence-corrected chi connectivity index (χ4v) is 0. The number of nitrogens with zero attached hydrogens (tertiary/aromatic N) is 3. The van der Waals surface area contributed by atoms with Crippen LogP contribution < -0.4 is 41.0 Å². The standard InChI is InChI=1S/C2H8N2.4C2H4O2.N3.Na/c3-1-2-4;4*1-2(3)4;1-3-2;/h1-4H2;4*1H3,(H,3,4);;/q;;;;;-1;+1. The van der Waals surface area contributed by atoms with Gasteiger partial charge in [-0.15, -0.1) is 0 Å². The summed E-state index contributed by atoms with van der Waals surface area (Å²) in [7, 11) is 0. The Morgan fingerprint density at radius 2 is 0.750 bits per heavy atom. The van der Waals surface area contributed by atoms with E-state index >= 15 is 0 Å². The van der Waals surface area contributed by atoms with E-state index in [0.29, 0.717) is 13.1 Å². The molecule has 24 heavy (non-hydrogen) atoms. The van der Waals surface area contributed by atoms with Crippen molar-refractivity contribution in [3.63, 3.8) is 0 Å². The third-order valence-electron chi connectivity index (χ3n) is 0.167. The van der Waals surface area contributed by atoms with Crippen LogP contribution in [0.5, 0.6) is 0 Å². The average molecular weight is 365 g/mol. The first-order valence-electron chi connectivity index (χ1n) is 5.43. The van der Waals surface area contributed by atoms with Gasteiger partial charge in [0.15, 0.2) is 0 Å². The van der Waals surface area contributed by atoms with Gasteiger partial charge in [0.25, 0.3) is 23.9 Å². The van der Waals surface area contributed by atoms with Crippen LogP contribution in [0, 0.1) is 0 Å². The molecule has 0 saturated carbocycles. The van der Waals surface area contributed by atoms with Crippen molar-refractivity contribution in [2.45, 2.75) is 27.7 Å². The summed E-state index contributed by atoms with van der Waals surface area (Å²) in [6, 6.07) is 0. The zero-order valence-electron chi connectivity index (χ0n) is 14.3. The van der Waals surface area contributed by atoms with Gasteiger partial charge in [0.1, 0.15) is 0 Å². The predicted molar refractivity (Wildman–Crippen MR) is 81.4 cm³/mol. The molecule has 0 rings (SSSR count). The molecule has 0 saturated heterocycles. The molecule has 0 aromatic carbocycles. The number of carboxylic acids is 4. The average Bonchev–Trinajstić information content (AvgIpc) is 2.26. The van der Waals surface area contributed by atoms with E-state index in [1.54, 1.807) is 0 Å². The van der Waals surface area contributed by atoms with Crippen molar-refractivity contribution in [1.29, 1.82) is 0 Å². The molecule has 0 atom stereocenters. The second-order valence-corrected chi connectivity index (χ2v) is 2.74. The number of rotatable bonds is 1. The summed E-state index contributed by atoms with van der Waals surface area (Å²) in [4.78, 5) is 37.5. The maximum Gasteiger partial charge on any atom is 1.00 e. The minimum absolute atomic E-state index is 0. The van der Waals surface area contributed by atoms with Gasteiger partial charge in [0.05, 0.1) is 0 Å². The van der Waals surface area contributed by atoms with Crippen molar-refractivity contribution >= 4 is 23.9 Å². The Kier molecular flexibility index (Phi) is 89.3. The topological polar surface area (TPSA) is 260 Å². The van der Waals surface area contributed by atoms with Crippen LogP contribution in [-0.2, 0) is 19.2 Å². The quantitative estimate of drug-likeness (QED) is 0.120. The van der Waals surface area contributed by atoms with Gasteiger partial charge in [0.2, 0.25) is 0 Å². The molecule has 0 bridgehead atoms. The molecule has 0 aromatic rings. The van der Waals surface area contributed by atoms with Crippen molar-refractivity contribution in [1.82, 2.24) is 0 Å². The molecule has 0 aliphatic carbocycles. The monoisotopic (exact) mass is 365 g/mol. The molecular formula is C10H24N5NaO8. The van der Waals surface area contributed by atoms with E-state index in [0.717, 1.165) is 27.7 Å². The number of carbonyl (C=O) groups is 4. The van der Waals surface area contributed by atoms with Gasteiger partial charge in [-0.25, -0.2) is 0 Å². The first kappa shape index (κ1) is 43.2. The summed E-state index contributed by atoms with van der Waals surface area (Å²) in [5, 5.41) is 29.7. The summed E-state index contributed by atoms with van der Waals surface area (Å²) < 4.78 is 0. The SMILES string of the molecule is CC(=O)O.CC(=O)O.CC(=O)O.CC(=O)O.NCCN.[N-]=[N+]=[N-].[Na+]. The van der Waals surface area contributed by atoms with Crippen LogP contribution in [0.1, 0.15) is 27.7 Å². The summed E-state index contributed by atoms with van der Waals surface area (Å²) in [6.45, 7) is 5.53. The molecule has 0 radical (unpaired) electrons. The van der Waals surface area contributed by atoms with E-state index in [1.807, 2.05) is 0 Å². The Bertz CT molecular complexity index is 269. The molecule has 0 aliphatic heterocycles. The summed E-state index contributed by atoms with van der Waals surface area (Å²) in [5.41, 5.74) is 23.3. The van der Waals surface area contributed by atoms with Crippen LogP contribution in [0.4, 0.5) is 0 Å². The Morgan fingerprint density at radius 1 is 0.708 bits per heavy atom. The Hall–Kier alpha value is -1.89. The van der Waals surface area contributed by atoms with Crippen LogP contribution in [-0.4, -0.2) is 57.4 Å². The van der Waals surface area contributed by atoms with E-state index in [2.05, 4.69) is 0 Å². The van der Waals surface area contributed by atoms with Crippen molar-refractivity contribution < 1.29 is 69.2 Å². The molecule has 0 spiro atoms. The molecule has 14 heteroatoms. The molecule has 0 fully saturated rings. The minimum Gasteiger partial charge on any atom is -0.481 e. The number of carboxylic acid groups (broad SMARTS) is 4. The van der Waals surface area contributed by atoms with Gasteiger partial charge < -0.3 is 43.0 Å². The van der Waals surface area contributed by atoms with Crippen molar-refractivity contribution in [3.05, 3.63) is 16.0 Å². The molecule has 0 unspecified atom stereocenters. The van der Waals surface area contributed by atoms with E-state index in [9.17, 15) is 0 Å². The summed E-state index contributed by atoms with van der Waals surface area (Å²) in [6.07, 6.45) is 0. The first-order valence-corrected chi connectivity index (χ1v) is 5.43.